The third kappa shape index (κ3) is 5.56. The minimum absolute atomic E-state index is 0.120. The van der Waals surface area contributed by atoms with Crippen LogP contribution in [-0.2, 0) is 4.74 Å². The van der Waals surface area contributed by atoms with Crippen molar-refractivity contribution in [2.24, 2.45) is 0 Å². The molecule has 0 fully saturated rings. The monoisotopic (exact) mass is 820 g/mol. The summed E-state index contributed by atoms with van der Waals surface area (Å²) in [5.74, 6) is 0. The summed E-state index contributed by atoms with van der Waals surface area (Å²) in [5.41, 5.74) is 0. The third-order valence-electron chi connectivity index (χ3n) is 10.2. The van der Waals surface area contributed by atoms with Crippen LogP contribution in [0.1, 0.15) is 6.92 Å². The maximum absolute atomic E-state index is 16.2. The summed E-state index contributed by atoms with van der Waals surface area (Å²) in [6.07, 6.45) is -0.381. The molecule has 0 aromatic heterocycles. The fraction of sp³-hybridized carbons (Fsp3) is 0.0652. The molecule has 50 heavy (non-hydrogen) atoms. The van der Waals surface area contributed by atoms with Gasteiger partial charge in [0, 0.05) is 0 Å². The summed E-state index contributed by atoms with van der Waals surface area (Å²) in [5, 5.41) is 0.737. The van der Waals surface area contributed by atoms with E-state index in [9.17, 15) is 0 Å². The van der Waals surface area contributed by atoms with Gasteiger partial charge in [-0.2, -0.15) is 0 Å². The van der Waals surface area contributed by atoms with Crippen LogP contribution in [0.25, 0.3) is 0 Å². The predicted octanol–water partition coefficient (Wildman–Crippen LogP) is 6.30. The van der Waals surface area contributed by atoms with E-state index in [0.29, 0.717) is 0 Å². The van der Waals surface area contributed by atoms with Crippen LogP contribution in [0.3, 0.4) is 0 Å². The second-order valence-corrected chi connectivity index (χ2v) is 34.5. The molecule has 0 aliphatic heterocycles. The molecule has 1 unspecified atom stereocenters. The molecule has 4 heteroatoms. The topological polar surface area (TPSA) is 26.3 Å². The Kier molecular flexibility index (Phi) is 9.95. The minimum atomic E-state index is -5.48. The van der Waals surface area contributed by atoms with E-state index in [-0.39, 0.29) is 10.0 Å². The van der Waals surface area contributed by atoms with Gasteiger partial charge in [-0.3, -0.25) is 0 Å². The Bertz CT molecular complexity index is 1860. The Morgan fingerprint density at radius 2 is 0.680 bits per heavy atom. The molecule has 0 spiro atoms. The van der Waals surface area contributed by atoms with Crippen molar-refractivity contribution in [1.29, 1.82) is 0 Å². The molecule has 0 aliphatic rings. The van der Waals surface area contributed by atoms with Crippen molar-refractivity contribution in [3.63, 3.8) is 0 Å². The van der Waals surface area contributed by atoms with Crippen molar-refractivity contribution < 1.29 is 9.53 Å². The molecule has 0 heterocycles. The van der Waals surface area contributed by atoms with Crippen LogP contribution in [0, 0.1) is 0 Å². The predicted molar refractivity (Wildman–Crippen MR) is 215 cm³/mol. The van der Waals surface area contributed by atoms with Crippen LogP contribution >= 0.6 is 0 Å². The molecule has 0 N–H and O–H groups in total. The Balaban J connectivity index is 1.48. The molecule has 246 valence electrons. The van der Waals surface area contributed by atoms with Crippen LogP contribution in [0.4, 0.5) is 4.79 Å². The van der Waals surface area contributed by atoms with Gasteiger partial charge >= 0.3 is 302 Å². The first-order chi connectivity index (χ1) is 24.6. The summed E-state index contributed by atoms with van der Waals surface area (Å²) in [7, 11) is 0. The van der Waals surface area contributed by atoms with Crippen molar-refractivity contribution in [3.8, 4) is 0 Å². The molecular formula is C46H41GeO2Sb. The quantitative estimate of drug-likeness (QED) is 0.144. The molecule has 0 amide bonds. The van der Waals surface area contributed by atoms with Crippen LogP contribution < -0.4 is 27.2 Å². The average Bonchev–Trinajstić information content (AvgIpc) is 3.20. The first-order valence-corrected chi connectivity index (χ1v) is 28.2. The first-order valence-electron chi connectivity index (χ1n) is 17.2. The van der Waals surface area contributed by atoms with Crippen molar-refractivity contribution in [1.82, 2.24) is 0 Å². The van der Waals surface area contributed by atoms with Gasteiger partial charge in [-0.25, -0.2) is 0 Å². The average molecular weight is 820 g/mol. The zero-order chi connectivity index (χ0) is 34.3. The van der Waals surface area contributed by atoms with Gasteiger partial charge in [0.2, 0.25) is 0 Å². The van der Waals surface area contributed by atoms with E-state index in [1.165, 1.54) is 13.2 Å². The molecule has 2 nitrogen and oxygen atoms in total. The number of hydrogen-bond acceptors (Lipinski definition) is 2. The summed E-state index contributed by atoms with van der Waals surface area (Å²) >= 11 is -8.94. The van der Waals surface area contributed by atoms with E-state index in [1.54, 1.807) is 0 Å². The Hall–Kier alpha value is -4.63. The van der Waals surface area contributed by atoms with Crippen molar-refractivity contribution in [3.05, 3.63) is 212 Å². The van der Waals surface area contributed by atoms with Crippen LogP contribution in [-0.4, -0.2) is 40.7 Å². The number of ether oxygens (including phenoxy) is 1. The van der Waals surface area contributed by atoms with Gasteiger partial charge in [-0.15, -0.1) is 0 Å². The van der Waals surface area contributed by atoms with Gasteiger partial charge in [-0.05, 0) is 0 Å². The van der Waals surface area contributed by atoms with E-state index in [2.05, 4.69) is 195 Å². The van der Waals surface area contributed by atoms with Crippen molar-refractivity contribution >= 4 is 61.8 Å². The molecule has 0 saturated carbocycles. The number of carbonyl (C=O) groups is 1. The van der Waals surface area contributed by atoms with Gasteiger partial charge in [0.05, 0.1) is 0 Å². The van der Waals surface area contributed by atoms with E-state index in [0.717, 1.165) is 19.3 Å². The van der Waals surface area contributed by atoms with Crippen molar-refractivity contribution in [2.45, 2.75) is 18.3 Å². The molecular weight excluding hydrogens is 779 g/mol. The summed E-state index contributed by atoms with van der Waals surface area (Å²) in [6.45, 7) is 2.11. The molecule has 0 aliphatic carbocycles. The Morgan fingerprint density at radius 1 is 0.440 bits per heavy atom. The first kappa shape index (κ1) is 33.8. The van der Waals surface area contributed by atoms with Gasteiger partial charge in [0.15, 0.2) is 0 Å². The van der Waals surface area contributed by atoms with Gasteiger partial charge in [0.1, 0.15) is 0 Å². The second-order valence-electron chi connectivity index (χ2n) is 12.9. The van der Waals surface area contributed by atoms with Gasteiger partial charge in [0.25, 0.3) is 0 Å². The third-order valence-corrected chi connectivity index (χ3v) is 38.5. The number of hydrogen-bond donors (Lipinski definition) is 0. The summed E-state index contributed by atoms with van der Waals surface area (Å²) in [6, 6.07) is 74.6. The van der Waals surface area contributed by atoms with Crippen LogP contribution in [0.5, 0.6) is 0 Å². The zero-order valence-corrected chi connectivity index (χ0v) is 32.9. The molecule has 7 aromatic rings. The molecule has 1 atom stereocenters. The normalized spacial score (nSPS) is 13.0. The fourth-order valence-electron chi connectivity index (χ4n) is 7.99. The Labute approximate surface area is 299 Å². The molecule has 0 bridgehead atoms. The molecule has 0 saturated heterocycles. The SMILES string of the molecule is CC([CH2][Ge]([c]1ccccc1)([c]1ccccc1)[c]1ccccc1)O[C](=O)[Sb]([c]1ccccc1)([c]1ccccc1)([c]1ccccc1)[c]1ccccc1. The second kappa shape index (κ2) is 14.7. The molecule has 7 rings (SSSR count). The molecule has 0 radical (unpaired) electrons. The standard InChI is InChI=1S/C22H21GeO2.4C6H5.Sb/c1-19(25-18-24)17-23(20-11-5-2-6-12-20,21-13-7-3-8-14-21)22-15-9-4-10-16-22;4*1-2-4-6-5-3-1;/h2-16,19H,17H2,1H3;4*1-5H;. The molecule has 7 aromatic carbocycles. The van der Waals surface area contributed by atoms with E-state index in [4.69, 9.17) is 4.74 Å². The number of benzene rings is 7. The van der Waals surface area contributed by atoms with Crippen molar-refractivity contribution in [2.75, 3.05) is 0 Å². The van der Waals surface area contributed by atoms with Crippen LogP contribution in [0.15, 0.2) is 212 Å². The van der Waals surface area contributed by atoms with E-state index in [1.807, 2.05) is 24.3 Å². The fourth-order valence-corrected chi connectivity index (χ4v) is 35.8. The number of rotatable bonds is 11. The summed E-state index contributed by atoms with van der Waals surface area (Å²) in [4.78, 5) is 16.2. The van der Waals surface area contributed by atoms with Gasteiger partial charge < -0.3 is 0 Å². The summed E-state index contributed by atoms with van der Waals surface area (Å²) < 4.78 is 15.2. The van der Waals surface area contributed by atoms with Gasteiger partial charge in [-0.1, -0.05) is 0 Å². The van der Waals surface area contributed by atoms with E-state index >= 15 is 4.79 Å². The Morgan fingerprint density at radius 3 is 0.940 bits per heavy atom. The van der Waals surface area contributed by atoms with E-state index < -0.39 is 30.7 Å². The number of carbonyl (C=O) groups excluding carboxylic acids is 1. The maximum atomic E-state index is 16.2. The van der Waals surface area contributed by atoms with Crippen LogP contribution in [0.2, 0.25) is 5.25 Å². The zero-order valence-electron chi connectivity index (χ0n) is 28.3.